The Morgan fingerprint density at radius 1 is 1.07 bits per heavy atom. The van der Waals surface area contributed by atoms with E-state index < -0.39 is 0 Å². The molecule has 138 valence electrons. The molecule has 1 unspecified atom stereocenters. The third-order valence-corrected chi connectivity index (χ3v) is 4.21. The molecule has 0 aliphatic heterocycles. The number of ether oxygens (including phenoxy) is 2. The Labute approximate surface area is 159 Å². The number of carbonyl (C=O) groups excluding carboxylic acids is 1. The van der Waals surface area contributed by atoms with E-state index in [0.29, 0.717) is 17.9 Å². The first-order valence-corrected chi connectivity index (χ1v) is 8.73. The Hall–Kier alpha value is -3.34. The second-order valence-electron chi connectivity index (χ2n) is 6.11. The monoisotopic (exact) mass is 362 g/mol. The summed E-state index contributed by atoms with van der Waals surface area (Å²) in [7, 11) is 1.56. The third kappa shape index (κ3) is 4.85. The van der Waals surface area contributed by atoms with Crippen LogP contribution in [0.25, 0.3) is 0 Å². The lowest BCUT2D eigenvalue weighted by Crippen LogP contribution is -2.27. The van der Waals surface area contributed by atoms with Crippen LogP contribution >= 0.6 is 0 Å². The highest BCUT2D eigenvalue weighted by Gasteiger charge is 2.15. The number of hydrogen-bond donors (Lipinski definition) is 1. The summed E-state index contributed by atoms with van der Waals surface area (Å²) in [5, 5.41) is 3.00. The number of methoxy groups -OCH3 is 1. The standard InChI is InChI=1S/C22H22N2O3/c1-16(24-22(25)20-7-3-4-8-21(20)26-2)18-9-11-19(12-10-18)27-15-17-6-5-13-23-14-17/h3-14,16H,15H2,1-2H3,(H,24,25). The second kappa shape index (κ2) is 8.85. The molecule has 3 rings (SSSR count). The number of nitrogens with one attached hydrogen (secondary N) is 1. The molecule has 0 saturated carbocycles. The SMILES string of the molecule is COc1ccccc1C(=O)NC(C)c1ccc(OCc2cccnc2)cc1. The normalized spacial score (nSPS) is 11.5. The molecule has 27 heavy (non-hydrogen) atoms. The van der Waals surface area contributed by atoms with Crippen molar-refractivity contribution in [2.24, 2.45) is 0 Å². The van der Waals surface area contributed by atoms with Crippen molar-refractivity contribution in [3.05, 3.63) is 89.7 Å². The number of aromatic nitrogens is 1. The number of hydrogen-bond acceptors (Lipinski definition) is 4. The van der Waals surface area contributed by atoms with E-state index in [2.05, 4.69) is 10.3 Å². The van der Waals surface area contributed by atoms with E-state index in [1.807, 2.05) is 55.5 Å². The Bertz CT molecular complexity index is 880. The number of nitrogens with zero attached hydrogens (tertiary/aromatic N) is 1. The van der Waals surface area contributed by atoms with Gasteiger partial charge in [0.2, 0.25) is 0 Å². The van der Waals surface area contributed by atoms with Gasteiger partial charge in [-0.3, -0.25) is 9.78 Å². The Kier molecular flexibility index (Phi) is 6.05. The van der Waals surface area contributed by atoms with E-state index in [-0.39, 0.29) is 11.9 Å². The summed E-state index contributed by atoms with van der Waals surface area (Å²) in [5.74, 6) is 1.16. The maximum atomic E-state index is 12.5. The molecule has 1 N–H and O–H groups in total. The predicted molar refractivity (Wildman–Crippen MR) is 104 cm³/mol. The lowest BCUT2D eigenvalue weighted by atomic mass is 10.1. The molecular formula is C22H22N2O3. The van der Waals surface area contributed by atoms with E-state index in [9.17, 15) is 4.79 Å². The van der Waals surface area contributed by atoms with Gasteiger partial charge < -0.3 is 14.8 Å². The van der Waals surface area contributed by atoms with Gasteiger partial charge in [-0.2, -0.15) is 0 Å². The number of benzene rings is 2. The summed E-state index contributed by atoms with van der Waals surface area (Å²) in [6.45, 7) is 2.41. The van der Waals surface area contributed by atoms with Crippen molar-refractivity contribution < 1.29 is 14.3 Å². The summed E-state index contributed by atoms with van der Waals surface area (Å²) in [6, 6.07) is 18.6. The van der Waals surface area contributed by atoms with Gasteiger partial charge in [0, 0.05) is 18.0 Å². The van der Waals surface area contributed by atoms with Gasteiger partial charge in [-0.1, -0.05) is 30.3 Å². The minimum Gasteiger partial charge on any atom is -0.496 e. The van der Waals surface area contributed by atoms with Gasteiger partial charge in [-0.05, 0) is 42.8 Å². The smallest absolute Gasteiger partial charge is 0.255 e. The Balaban J connectivity index is 1.60. The topological polar surface area (TPSA) is 60.5 Å². The molecule has 0 fully saturated rings. The van der Waals surface area contributed by atoms with Gasteiger partial charge in [-0.25, -0.2) is 0 Å². The zero-order chi connectivity index (χ0) is 19.1. The minimum atomic E-state index is -0.170. The maximum Gasteiger partial charge on any atom is 0.255 e. The molecule has 0 bridgehead atoms. The van der Waals surface area contributed by atoms with Crippen LogP contribution in [0.2, 0.25) is 0 Å². The van der Waals surface area contributed by atoms with Gasteiger partial charge >= 0.3 is 0 Å². The van der Waals surface area contributed by atoms with Crippen LogP contribution < -0.4 is 14.8 Å². The summed E-state index contributed by atoms with van der Waals surface area (Å²) in [5.41, 5.74) is 2.52. The summed E-state index contributed by atoms with van der Waals surface area (Å²) in [6.07, 6.45) is 3.52. The first kappa shape index (κ1) is 18.5. The van der Waals surface area contributed by atoms with Crippen molar-refractivity contribution in [3.8, 4) is 11.5 Å². The second-order valence-corrected chi connectivity index (χ2v) is 6.11. The Morgan fingerprint density at radius 2 is 1.85 bits per heavy atom. The Morgan fingerprint density at radius 3 is 2.56 bits per heavy atom. The molecule has 1 heterocycles. The highest BCUT2D eigenvalue weighted by Crippen LogP contribution is 2.21. The first-order chi connectivity index (χ1) is 13.2. The first-order valence-electron chi connectivity index (χ1n) is 8.73. The fourth-order valence-electron chi connectivity index (χ4n) is 2.69. The highest BCUT2D eigenvalue weighted by atomic mass is 16.5. The molecule has 5 nitrogen and oxygen atoms in total. The minimum absolute atomic E-state index is 0.144. The van der Waals surface area contributed by atoms with E-state index in [1.54, 1.807) is 31.6 Å². The van der Waals surface area contributed by atoms with Gasteiger partial charge in [0.05, 0.1) is 18.7 Å². The predicted octanol–water partition coefficient (Wildman–Crippen LogP) is 4.16. The van der Waals surface area contributed by atoms with Crippen LogP contribution in [0.4, 0.5) is 0 Å². The van der Waals surface area contributed by atoms with Crippen LogP contribution in [0.1, 0.15) is 34.5 Å². The van der Waals surface area contributed by atoms with E-state index in [0.717, 1.165) is 16.9 Å². The fourth-order valence-corrected chi connectivity index (χ4v) is 2.69. The summed E-state index contributed by atoms with van der Waals surface area (Å²) < 4.78 is 11.0. The van der Waals surface area contributed by atoms with E-state index >= 15 is 0 Å². The molecular weight excluding hydrogens is 340 g/mol. The van der Waals surface area contributed by atoms with Gasteiger partial charge in [-0.15, -0.1) is 0 Å². The molecule has 0 aliphatic carbocycles. The van der Waals surface area contributed by atoms with Crippen LogP contribution in [0, 0.1) is 0 Å². The van der Waals surface area contributed by atoms with Crippen LogP contribution in [0.15, 0.2) is 73.1 Å². The molecule has 0 spiro atoms. The molecule has 5 heteroatoms. The number of para-hydroxylation sites is 1. The molecule has 0 aliphatic rings. The van der Waals surface area contributed by atoms with E-state index in [4.69, 9.17) is 9.47 Å². The van der Waals surface area contributed by atoms with Crippen molar-refractivity contribution in [1.82, 2.24) is 10.3 Å². The fraction of sp³-hybridized carbons (Fsp3) is 0.182. The summed E-state index contributed by atoms with van der Waals surface area (Å²) in [4.78, 5) is 16.6. The highest BCUT2D eigenvalue weighted by molar-refractivity contribution is 5.97. The van der Waals surface area contributed by atoms with Crippen molar-refractivity contribution in [3.63, 3.8) is 0 Å². The lowest BCUT2D eigenvalue weighted by molar-refractivity contribution is 0.0937. The van der Waals surface area contributed by atoms with Crippen LogP contribution in [-0.4, -0.2) is 18.0 Å². The van der Waals surface area contributed by atoms with Gasteiger partial charge in [0.1, 0.15) is 18.1 Å². The lowest BCUT2D eigenvalue weighted by Gasteiger charge is -2.16. The summed E-state index contributed by atoms with van der Waals surface area (Å²) >= 11 is 0. The van der Waals surface area contributed by atoms with Crippen molar-refractivity contribution >= 4 is 5.91 Å². The van der Waals surface area contributed by atoms with E-state index in [1.165, 1.54) is 0 Å². The van der Waals surface area contributed by atoms with Crippen LogP contribution in [-0.2, 0) is 6.61 Å². The quantitative estimate of drug-likeness (QED) is 0.686. The van der Waals surface area contributed by atoms with Crippen molar-refractivity contribution in [2.45, 2.75) is 19.6 Å². The number of amides is 1. The molecule has 1 aromatic heterocycles. The number of rotatable bonds is 7. The molecule has 1 atom stereocenters. The molecule has 0 saturated heterocycles. The average molecular weight is 362 g/mol. The number of pyridine rings is 1. The van der Waals surface area contributed by atoms with Crippen LogP contribution in [0.5, 0.6) is 11.5 Å². The molecule has 2 aromatic carbocycles. The van der Waals surface area contributed by atoms with Crippen molar-refractivity contribution in [2.75, 3.05) is 7.11 Å². The average Bonchev–Trinajstić information content (AvgIpc) is 2.73. The molecule has 3 aromatic rings. The number of carbonyl (C=O) groups is 1. The largest absolute Gasteiger partial charge is 0.496 e. The third-order valence-electron chi connectivity index (χ3n) is 4.21. The van der Waals surface area contributed by atoms with Gasteiger partial charge in [0.15, 0.2) is 0 Å². The van der Waals surface area contributed by atoms with Crippen LogP contribution in [0.3, 0.4) is 0 Å². The molecule has 1 amide bonds. The van der Waals surface area contributed by atoms with Crippen molar-refractivity contribution in [1.29, 1.82) is 0 Å². The van der Waals surface area contributed by atoms with Gasteiger partial charge in [0.25, 0.3) is 5.91 Å². The molecule has 0 radical (unpaired) electrons. The zero-order valence-corrected chi connectivity index (χ0v) is 15.4. The zero-order valence-electron chi connectivity index (χ0n) is 15.4. The maximum absolute atomic E-state index is 12.5.